The summed E-state index contributed by atoms with van der Waals surface area (Å²) in [6.45, 7) is 0.625. The first-order valence-electron chi connectivity index (χ1n) is 12.0. The third-order valence-electron chi connectivity index (χ3n) is 6.07. The second-order valence-electron chi connectivity index (χ2n) is 8.58. The van der Waals surface area contributed by atoms with Crippen LogP contribution in [0.25, 0.3) is 22.4 Å². The Morgan fingerprint density at radius 3 is 2.66 bits per heavy atom. The highest BCUT2D eigenvalue weighted by atomic mass is 19.1. The van der Waals surface area contributed by atoms with Crippen LogP contribution < -0.4 is 4.74 Å². The van der Waals surface area contributed by atoms with Crippen LogP contribution in [0.15, 0.2) is 79.3 Å². The number of benzene rings is 2. The monoisotopic (exact) mass is 507 g/mol. The number of hydrogen-bond donors (Lipinski definition) is 1. The molecular formula is C27H22FN9O. The molecule has 6 rings (SSSR count). The summed E-state index contributed by atoms with van der Waals surface area (Å²) in [6.07, 6.45) is 6.15. The number of tetrazole rings is 1. The van der Waals surface area contributed by atoms with E-state index in [2.05, 4.69) is 30.6 Å². The number of aromatic amines is 1. The number of rotatable bonds is 9. The Morgan fingerprint density at radius 1 is 0.974 bits per heavy atom. The van der Waals surface area contributed by atoms with Crippen LogP contribution in [0.5, 0.6) is 5.75 Å². The van der Waals surface area contributed by atoms with E-state index in [1.165, 1.54) is 6.07 Å². The number of para-hydroxylation sites is 1. The van der Waals surface area contributed by atoms with E-state index in [-0.39, 0.29) is 12.4 Å². The highest BCUT2D eigenvalue weighted by molar-refractivity contribution is 5.91. The molecule has 0 amide bonds. The Kier molecular flexibility index (Phi) is 6.46. The third-order valence-corrected chi connectivity index (χ3v) is 6.07. The number of fused-ring (bicyclic) bond motifs is 1. The molecule has 188 valence electrons. The van der Waals surface area contributed by atoms with Crippen molar-refractivity contribution in [2.24, 2.45) is 0 Å². The van der Waals surface area contributed by atoms with Crippen molar-refractivity contribution in [1.82, 2.24) is 45.4 Å². The maximum Gasteiger partial charge on any atom is 0.181 e. The van der Waals surface area contributed by atoms with Crippen molar-refractivity contribution in [2.45, 2.75) is 19.4 Å². The van der Waals surface area contributed by atoms with Gasteiger partial charge in [-0.15, -0.1) is 10.2 Å². The molecule has 0 atom stereocenters. The topological polar surface area (TPSA) is 120 Å². The van der Waals surface area contributed by atoms with E-state index in [1.54, 1.807) is 35.4 Å². The third kappa shape index (κ3) is 4.94. The fourth-order valence-electron chi connectivity index (χ4n) is 4.20. The van der Waals surface area contributed by atoms with Crippen LogP contribution in [-0.4, -0.2) is 52.0 Å². The quantitative estimate of drug-likeness (QED) is 0.314. The molecule has 0 unspecified atom stereocenters. The van der Waals surface area contributed by atoms with Gasteiger partial charge >= 0.3 is 0 Å². The molecule has 0 saturated heterocycles. The summed E-state index contributed by atoms with van der Waals surface area (Å²) in [7, 11) is 0. The fourth-order valence-corrected chi connectivity index (χ4v) is 4.20. The lowest BCUT2D eigenvalue weighted by Crippen LogP contribution is -2.08. The van der Waals surface area contributed by atoms with Gasteiger partial charge in [-0.1, -0.05) is 41.6 Å². The van der Waals surface area contributed by atoms with Gasteiger partial charge in [0, 0.05) is 36.2 Å². The number of H-pyrrole nitrogens is 1. The summed E-state index contributed by atoms with van der Waals surface area (Å²) < 4.78 is 22.2. The highest BCUT2D eigenvalue weighted by Gasteiger charge is 2.18. The lowest BCUT2D eigenvalue weighted by Gasteiger charge is -2.11. The van der Waals surface area contributed by atoms with Crippen molar-refractivity contribution in [3.63, 3.8) is 0 Å². The SMILES string of the molecule is Fc1ccccc1Cn1nc(-c2ncc(OCCc3nn[nH]n3)c(Cc3ccncc3)n2)c2ccccc21. The van der Waals surface area contributed by atoms with Crippen LogP contribution in [0.3, 0.4) is 0 Å². The van der Waals surface area contributed by atoms with E-state index in [0.29, 0.717) is 53.8 Å². The predicted molar refractivity (Wildman–Crippen MR) is 137 cm³/mol. The van der Waals surface area contributed by atoms with Gasteiger partial charge in [-0.25, -0.2) is 14.4 Å². The normalized spacial score (nSPS) is 11.2. The molecule has 2 aromatic carbocycles. The summed E-state index contributed by atoms with van der Waals surface area (Å²) in [5.74, 6) is 1.31. The van der Waals surface area contributed by atoms with E-state index in [4.69, 9.17) is 14.8 Å². The molecule has 11 heteroatoms. The van der Waals surface area contributed by atoms with Gasteiger partial charge in [0.1, 0.15) is 11.5 Å². The first-order valence-corrected chi connectivity index (χ1v) is 12.0. The molecule has 0 aliphatic rings. The second kappa shape index (κ2) is 10.5. The van der Waals surface area contributed by atoms with Crippen molar-refractivity contribution in [1.29, 1.82) is 0 Å². The summed E-state index contributed by atoms with van der Waals surface area (Å²) in [5.41, 5.74) is 3.78. The van der Waals surface area contributed by atoms with Gasteiger partial charge in [0.2, 0.25) is 0 Å². The summed E-state index contributed by atoms with van der Waals surface area (Å²) in [5, 5.41) is 19.6. The lowest BCUT2D eigenvalue weighted by atomic mass is 10.1. The largest absolute Gasteiger partial charge is 0.490 e. The first-order chi connectivity index (χ1) is 18.7. The molecule has 0 radical (unpaired) electrons. The number of aromatic nitrogens is 9. The van der Waals surface area contributed by atoms with Gasteiger partial charge in [0.05, 0.1) is 30.6 Å². The molecule has 0 bridgehead atoms. The molecule has 0 spiro atoms. The summed E-state index contributed by atoms with van der Waals surface area (Å²) in [6, 6.07) is 18.4. The van der Waals surface area contributed by atoms with Crippen LogP contribution in [0.1, 0.15) is 22.6 Å². The first kappa shape index (κ1) is 23.3. The zero-order chi connectivity index (χ0) is 25.7. The molecule has 0 saturated carbocycles. The number of pyridine rings is 1. The Hall–Kier alpha value is -5.06. The van der Waals surface area contributed by atoms with Crippen molar-refractivity contribution < 1.29 is 9.13 Å². The van der Waals surface area contributed by atoms with Gasteiger partial charge in [0.15, 0.2) is 17.4 Å². The fraction of sp³-hybridized carbons (Fsp3) is 0.148. The maximum atomic E-state index is 14.4. The Balaban J connectivity index is 1.36. The average molecular weight is 508 g/mol. The molecule has 10 nitrogen and oxygen atoms in total. The van der Waals surface area contributed by atoms with Gasteiger partial charge in [-0.2, -0.15) is 10.3 Å². The predicted octanol–water partition coefficient (Wildman–Crippen LogP) is 3.80. The van der Waals surface area contributed by atoms with Gasteiger partial charge < -0.3 is 4.74 Å². The van der Waals surface area contributed by atoms with Gasteiger partial charge in [0.25, 0.3) is 0 Å². The highest BCUT2D eigenvalue weighted by Crippen LogP contribution is 2.29. The van der Waals surface area contributed by atoms with Crippen LogP contribution in [0.2, 0.25) is 0 Å². The lowest BCUT2D eigenvalue weighted by molar-refractivity contribution is 0.313. The molecule has 4 heterocycles. The Morgan fingerprint density at radius 2 is 1.82 bits per heavy atom. The Labute approximate surface area is 216 Å². The van der Waals surface area contributed by atoms with Crippen LogP contribution in [0, 0.1) is 5.82 Å². The van der Waals surface area contributed by atoms with E-state index >= 15 is 0 Å². The summed E-state index contributed by atoms with van der Waals surface area (Å²) >= 11 is 0. The van der Waals surface area contributed by atoms with Crippen molar-refractivity contribution in [3.8, 4) is 17.3 Å². The van der Waals surface area contributed by atoms with Crippen molar-refractivity contribution >= 4 is 10.9 Å². The molecule has 6 aromatic rings. The number of nitrogens with one attached hydrogen (secondary N) is 1. The molecule has 0 aliphatic heterocycles. The van der Waals surface area contributed by atoms with Gasteiger partial charge in [-0.3, -0.25) is 9.67 Å². The summed E-state index contributed by atoms with van der Waals surface area (Å²) in [4.78, 5) is 13.6. The molecule has 38 heavy (non-hydrogen) atoms. The van der Waals surface area contributed by atoms with E-state index in [0.717, 1.165) is 16.5 Å². The molecule has 0 aliphatic carbocycles. The van der Waals surface area contributed by atoms with Crippen molar-refractivity contribution in [2.75, 3.05) is 6.61 Å². The zero-order valence-corrected chi connectivity index (χ0v) is 20.2. The number of halogens is 1. The van der Waals surface area contributed by atoms with Crippen LogP contribution in [0.4, 0.5) is 4.39 Å². The number of hydrogen-bond acceptors (Lipinski definition) is 8. The maximum absolute atomic E-state index is 14.4. The van der Waals surface area contributed by atoms with Crippen molar-refractivity contribution in [3.05, 3.63) is 108 Å². The van der Waals surface area contributed by atoms with E-state index in [1.807, 2.05) is 42.5 Å². The Bertz CT molecular complexity index is 1670. The van der Waals surface area contributed by atoms with Crippen LogP contribution >= 0.6 is 0 Å². The minimum Gasteiger partial charge on any atom is -0.490 e. The number of ether oxygens (including phenoxy) is 1. The standard InChI is InChI=1S/C27H22FN9O/c28-21-7-3-1-5-19(21)17-37-23-8-4-2-6-20(23)26(34-37)27-30-16-24(38-14-11-25-32-35-36-33-25)22(31-27)15-18-9-12-29-13-10-18/h1-10,12-13,16H,11,14-15,17H2,(H,32,33,35,36). The smallest absolute Gasteiger partial charge is 0.181 e. The molecule has 1 N–H and O–H groups in total. The van der Waals surface area contributed by atoms with E-state index < -0.39 is 0 Å². The van der Waals surface area contributed by atoms with Gasteiger partial charge in [-0.05, 0) is 29.8 Å². The molecule has 0 fully saturated rings. The molecular weight excluding hydrogens is 485 g/mol. The minimum absolute atomic E-state index is 0.271. The minimum atomic E-state index is -0.271. The van der Waals surface area contributed by atoms with E-state index in [9.17, 15) is 4.39 Å². The van der Waals surface area contributed by atoms with Crippen LogP contribution in [-0.2, 0) is 19.4 Å². The zero-order valence-electron chi connectivity index (χ0n) is 20.2. The molecule has 4 aromatic heterocycles. The number of nitrogens with zero attached hydrogens (tertiary/aromatic N) is 8. The average Bonchev–Trinajstić information content (AvgIpc) is 3.60. The second-order valence-corrected chi connectivity index (χ2v) is 8.58.